The van der Waals surface area contributed by atoms with Crippen LogP contribution in [0.5, 0.6) is 0 Å². The fourth-order valence-electron chi connectivity index (χ4n) is 1.03. The summed E-state index contributed by atoms with van der Waals surface area (Å²) in [5.41, 5.74) is 0.0299. The van der Waals surface area contributed by atoms with E-state index in [0.717, 1.165) is 6.42 Å². The summed E-state index contributed by atoms with van der Waals surface area (Å²) >= 11 is 0. The van der Waals surface area contributed by atoms with Crippen molar-refractivity contribution in [1.82, 2.24) is 5.32 Å². The van der Waals surface area contributed by atoms with Gasteiger partial charge in [0.15, 0.2) is 0 Å². The lowest BCUT2D eigenvalue weighted by Gasteiger charge is -2.22. The third-order valence-electron chi connectivity index (χ3n) is 1.91. The highest BCUT2D eigenvalue weighted by atomic mass is 19.1. The van der Waals surface area contributed by atoms with E-state index in [9.17, 15) is 4.39 Å². The van der Waals surface area contributed by atoms with Crippen LogP contribution in [-0.4, -0.2) is 18.3 Å². The molecular formula is C11H24FN. The van der Waals surface area contributed by atoms with Crippen LogP contribution in [0.15, 0.2) is 0 Å². The second-order valence-corrected chi connectivity index (χ2v) is 5.20. The van der Waals surface area contributed by atoms with Gasteiger partial charge in [0, 0.05) is 12.1 Å². The molecule has 1 unspecified atom stereocenters. The molecule has 2 heteroatoms. The van der Waals surface area contributed by atoms with Crippen LogP contribution in [-0.2, 0) is 0 Å². The Morgan fingerprint density at radius 2 is 1.69 bits per heavy atom. The average Bonchev–Trinajstić information content (AvgIpc) is 1.95. The number of alkyl halides is 1. The van der Waals surface area contributed by atoms with Crippen molar-refractivity contribution in [3.8, 4) is 0 Å². The summed E-state index contributed by atoms with van der Waals surface area (Å²) in [5.74, 6) is 0.605. The molecule has 0 spiro atoms. The Morgan fingerprint density at radius 1 is 1.15 bits per heavy atom. The molecule has 0 saturated carbocycles. The highest BCUT2D eigenvalue weighted by molar-refractivity contribution is 4.73. The first-order valence-corrected chi connectivity index (χ1v) is 5.20. The molecule has 0 aromatic rings. The summed E-state index contributed by atoms with van der Waals surface area (Å²) in [7, 11) is 0. The van der Waals surface area contributed by atoms with Gasteiger partial charge in [-0.3, -0.25) is 0 Å². The second kappa shape index (κ2) is 5.58. The standard InChI is InChI=1S/C11H24FN/c1-9(2)6-7-10(12)8-13-11(3,4)5/h9-10,13H,6-8H2,1-5H3. The first-order valence-electron chi connectivity index (χ1n) is 5.20. The predicted octanol–water partition coefficient (Wildman–Crippen LogP) is 3.15. The summed E-state index contributed by atoms with van der Waals surface area (Å²) in [4.78, 5) is 0. The maximum absolute atomic E-state index is 13.2. The Labute approximate surface area is 82.1 Å². The first kappa shape index (κ1) is 12.9. The van der Waals surface area contributed by atoms with Gasteiger partial charge in [0.1, 0.15) is 6.17 Å². The van der Waals surface area contributed by atoms with Crippen LogP contribution in [0.1, 0.15) is 47.5 Å². The molecule has 0 radical (unpaired) electrons. The Balaban J connectivity index is 3.46. The van der Waals surface area contributed by atoms with E-state index in [2.05, 4.69) is 39.9 Å². The van der Waals surface area contributed by atoms with Crippen LogP contribution in [0.4, 0.5) is 4.39 Å². The van der Waals surface area contributed by atoms with Gasteiger partial charge in [0.25, 0.3) is 0 Å². The van der Waals surface area contributed by atoms with Crippen molar-refractivity contribution in [1.29, 1.82) is 0 Å². The lowest BCUT2D eigenvalue weighted by Crippen LogP contribution is -2.39. The van der Waals surface area contributed by atoms with Crippen molar-refractivity contribution in [3.63, 3.8) is 0 Å². The molecule has 1 nitrogen and oxygen atoms in total. The number of halogens is 1. The maximum Gasteiger partial charge on any atom is 0.113 e. The molecule has 0 fully saturated rings. The van der Waals surface area contributed by atoms with E-state index in [0.29, 0.717) is 18.9 Å². The minimum absolute atomic E-state index is 0.0299. The van der Waals surface area contributed by atoms with Gasteiger partial charge in [0.05, 0.1) is 0 Å². The summed E-state index contributed by atoms with van der Waals surface area (Å²) in [6, 6.07) is 0. The quantitative estimate of drug-likeness (QED) is 0.700. The van der Waals surface area contributed by atoms with Crippen molar-refractivity contribution in [3.05, 3.63) is 0 Å². The van der Waals surface area contributed by atoms with E-state index in [1.807, 2.05) is 0 Å². The largest absolute Gasteiger partial charge is 0.309 e. The van der Waals surface area contributed by atoms with Gasteiger partial charge < -0.3 is 5.32 Å². The summed E-state index contributed by atoms with van der Waals surface area (Å²) < 4.78 is 13.2. The smallest absolute Gasteiger partial charge is 0.113 e. The van der Waals surface area contributed by atoms with E-state index in [1.165, 1.54) is 0 Å². The average molecular weight is 189 g/mol. The number of hydrogen-bond acceptors (Lipinski definition) is 1. The Hall–Kier alpha value is -0.110. The van der Waals surface area contributed by atoms with Crippen LogP contribution in [0.3, 0.4) is 0 Å². The lowest BCUT2D eigenvalue weighted by atomic mass is 10.0. The fourth-order valence-corrected chi connectivity index (χ4v) is 1.03. The van der Waals surface area contributed by atoms with Gasteiger partial charge in [-0.25, -0.2) is 4.39 Å². The molecule has 0 aromatic carbocycles. The van der Waals surface area contributed by atoms with Crippen LogP contribution >= 0.6 is 0 Å². The van der Waals surface area contributed by atoms with Crippen LogP contribution in [0.2, 0.25) is 0 Å². The summed E-state index contributed by atoms with van der Waals surface area (Å²) in [6.45, 7) is 10.9. The molecule has 1 N–H and O–H groups in total. The lowest BCUT2D eigenvalue weighted by molar-refractivity contribution is 0.259. The van der Waals surface area contributed by atoms with E-state index in [1.54, 1.807) is 0 Å². The zero-order chi connectivity index (χ0) is 10.5. The minimum atomic E-state index is -0.693. The number of nitrogens with one attached hydrogen (secondary N) is 1. The molecule has 0 aliphatic rings. The van der Waals surface area contributed by atoms with E-state index < -0.39 is 6.17 Å². The van der Waals surface area contributed by atoms with E-state index in [-0.39, 0.29) is 5.54 Å². The van der Waals surface area contributed by atoms with Crippen LogP contribution < -0.4 is 5.32 Å². The van der Waals surface area contributed by atoms with Gasteiger partial charge >= 0.3 is 0 Å². The number of hydrogen-bond donors (Lipinski definition) is 1. The maximum atomic E-state index is 13.2. The van der Waals surface area contributed by atoms with Crippen LogP contribution in [0.25, 0.3) is 0 Å². The zero-order valence-corrected chi connectivity index (χ0v) is 9.65. The Kier molecular flexibility index (Phi) is 5.54. The van der Waals surface area contributed by atoms with E-state index in [4.69, 9.17) is 0 Å². The molecule has 0 aliphatic heterocycles. The first-order chi connectivity index (χ1) is 5.81. The van der Waals surface area contributed by atoms with Crippen molar-refractivity contribution in [2.45, 2.75) is 59.2 Å². The summed E-state index contributed by atoms with van der Waals surface area (Å²) in [5, 5.41) is 3.17. The van der Waals surface area contributed by atoms with Gasteiger partial charge in [-0.05, 0) is 39.5 Å². The van der Waals surface area contributed by atoms with Crippen LogP contribution in [0, 0.1) is 5.92 Å². The molecular weight excluding hydrogens is 165 g/mol. The highest BCUT2D eigenvalue weighted by Crippen LogP contribution is 2.09. The molecule has 13 heavy (non-hydrogen) atoms. The predicted molar refractivity (Wildman–Crippen MR) is 56.7 cm³/mol. The second-order valence-electron chi connectivity index (χ2n) is 5.20. The highest BCUT2D eigenvalue weighted by Gasteiger charge is 2.13. The normalized spacial score (nSPS) is 15.0. The van der Waals surface area contributed by atoms with Crippen molar-refractivity contribution in [2.24, 2.45) is 5.92 Å². The molecule has 0 aliphatic carbocycles. The van der Waals surface area contributed by atoms with Crippen molar-refractivity contribution in [2.75, 3.05) is 6.54 Å². The molecule has 0 bridgehead atoms. The van der Waals surface area contributed by atoms with Crippen molar-refractivity contribution < 1.29 is 4.39 Å². The van der Waals surface area contributed by atoms with Gasteiger partial charge in [0.2, 0.25) is 0 Å². The Bertz CT molecular complexity index is 127. The molecule has 0 aromatic heterocycles. The molecule has 80 valence electrons. The SMILES string of the molecule is CC(C)CCC(F)CNC(C)(C)C. The van der Waals surface area contributed by atoms with Crippen molar-refractivity contribution >= 4 is 0 Å². The number of rotatable bonds is 5. The molecule has 0 rings (SSSR count). The third kappa shape index (κ3) is 9.81. The third-order valence-corrected chi connectivity index (χ3v) is 1.91. The summed E-state index contributed by atoms with van der Waals surface area (Å²) in [6.07, 6.45) is 0.968. The molecule has 0 heterocycles. The molecule has 0 saturated heterocycles. The Morgan fingerprint density at radius 3 is 2.08 bits per heavy atom. The monoisotopic (exact) mass is 189 g/mol. The van der Waals surface area contributed by atoms with Gasteiger partial charge in [-0.15, -0.1) is 0 Å². The van der Waals surface area contributed by atoms with Gasteiger partial charge in [-0.1, -0.05) is 13.8 Å². The van der Waals surface area contributed by atoms with Gasteiger partial charge in [-0.2, -0.15) is 0 Å². The molecule has 1 atom stereocenters. The van der Waals surface area contributed by atoms with E-state index >= 15 is 0 Å². The topological polar surface area (TPSA) is 12.0 Å². The fraction of sp³-hybridized carbons (Fsp3) is 1.00. The minimum Gasteiger partial charge on any atom is -0.309 e. The zero-order valence-electron chi connectivity index (χ0n) is 9.65. The molecule has 0 amide bonds.